The van der Waals surface area contributed by atoms with Crippen molar-refractivity contribution in [2.75, 3.05) is 30.8 Å². The summed E-state index contributed by atoms with van der Waals surface area (Å²) in [5.74, 6) is -0.153. The Hall–Kier alpha value is -1.05. The number of aromatic nitrogens is 2. The Morgan fingerprint density at radius 2 is 2.44 bits per heavy atom. The second-order valence-corrected chi connectivity index (χ2v) is 4.43. The van der Waals surface area contributed by atoms with Crippen molar-refractivity contribution in [3.63, 3.8) is 0 Å². The van der Waals surface area contributed by atoms with E-state index in [4.69, 9.17) is 5.11 Å². The zero-order valence-corrected chi connectivity index (χ0v) is 11.5. The molecule has 18 heavy (non-hydrogen) atoms. The normalized spacial score (nSPS) is 19.2. The number of anilines is 1. The van der Waals surface area contributed by atoms with E-state index in [9.17, 15) is 4.79 Å². The minimum absolute atomic E-state index is 0. The molecule has 2 rings (SSSR count). The average molecular weight is 291 g/mol. The summed E-state index contributed by atoms with van der Waals surface area (Å²) in [6.45, 7) is 1.85. The van der Waals surface area contributed by atoms with Gasteiger partial charge in [-0.3, -0.25) is 0 Å². The van der Waals surface area contributed by atoms with Gasteiger partial charge in [0.05, 0.1) is 0 Å². The first-order chi connectivity index (χ1) is 8.22. The molecule has 1 aromatic rings. The van der Waals surface area contributed by atoms with Crippen molar-refractivity contribution in [3.05, 3.63) is 12.3 Å². The zero-order chi connectivity index (χ0) is 12.3. The largest absolute Gasteiger partial charge is 0.480 e. The van der Waals surface area contributed by atoms with Crippen LogP contribution in [0.15, 0.2) is 17.4 Å². The van der Waals surface area contributed by atoms with Crippen molar-refractivity contribution in [3.8, 4) is 0 Å². The van der Waals surface area contributed by atoms with Crippen molar-refractivity contribution in [2.24, 2.45) is 0 Å². The Kier molecular flexibility index (Phi) is 5.64. The van der Waals surface area contributed by atoms with E-state index in [0.717, 1.165) is 6.54 Å². The number of hydrogen-bond donors (Lipinski definition) is 2. The van der Waals surface area contributed by atoms with Gasteiger partial charge in [0.15, 0.2) is 5.16 Å². The summed E-state index contributed by atoms with van der Waals surface area (Å²) in [5, 5.41) is 12.9. The third-order valence-electron chi connectivity index (χ3n) is 2.62. The molecule has 0 saturated carbocycles. The van der Waals surface area contributed by atoms with Crippen molar-refractivity contribution in [2.45, 2.75) is 11.2 Å². The topological polar surface area (TPSA) is 78.4 Å². The quantitative estimate of drug-likeness (QED) is 0.619. The molecule has 0 aromatic carbocycles. The Balaban J connectivity index is 0.00000162. The van der Waals surface area contributed by atoms with E-state index in [-0.39, 0.29) is 12.4 Å². The van der Waals surface area contributed by atoms with Crippen molar-refractivity contribution in [1.29, 1.82) is 0 Å². The molecule has 0 aliphatic carbocycles. The van der Waals surface area contributed by atoms with E-state index < -0.39 is 12.0 Å². The Morgan fingerprint density at radius 3 is 3.11 bits per heavy atom. The lowest BCUT2D eigenvalue weighted by molar-refractivity contribution is -0.138. The summed E-state index contributed by atoms with van der Waals surface area (Å²) in [7, 11) is 0. The summed E-state index contributed by atoms with van der Waals surface area (Å²) in [6.07, 6.45) is 3.56. The van der Waals surface area contributed by atoms with Gasteiger partial charge in [0, 0.05) is 25.8 Å². The number of carboxylic acid groups (broad SMARTS) is 1. The summed E-state index contributed by atoms with van der Waals surface area (Å²) < 4.78 is 0. The molecule has 1 atom stereocenters. The number of halogens is 1. The molecular weight excluding hydrogens is 276 g/mol. The highest BCUT2D eigenvalue weighted by molar-refractivity contribution is 7.98. The van der Waals surface area contributed by atoms with Crippen LogP contribution in [-0.4, -0.2) is 53.0 Å². The third-order valence-corrected chi connectivity index (χ3v) is 3.19. The van der Waals surface area contributed by atoms with Gasteiger partial charge in [-0.15, -0.1) is 12.4 Å². The van der Waals surface area contributed by atoms with Crippen molar-refractivity contribution < 1.29 is 9.90 Å². The van der Waals surface area contributed by atoms with Gasteiger partial charge in [-0.25, -0.2) is 14.8 Å². The van der Waals surface area contributed by atoms with Crippen LogP contribution in [0.4, 0.5) is 5.82 Å². The summed E-state index contributed by atoms with van der Waals surface area (Å²) in [5.41, 5.74) is 0. The Labute approximate surface area is 116 Å². The predicted octanol–water partition coefficient (Wildman–Crippen LogP) is 0.483. The minimum atomic E-state index is -0.832. The first-order valence-electron chi connectivity index (χ1n) is 5.29. The zero-order valence-electron chi connectivity index (χ0n) is 9.87. The lowest BCUT2D eigenvalue weighted by atomic mass is 10.2. The standard InChI is InChI=1S/C10H14N4O2S.ClH/c1-17-10-12-3-2-8(13-10)14-5-4-11-6-7(14)9(15)16;/h2-3,7,11H,4-6H2,1H3,(H,15,16);1H. The maximum absolute atomic E-state index is 11.2. The Bertz CT molecular complexity index is 421. The van der Waals surface area contributed by atoms with Gasteiger partial charge in [-0.2, -0.15) is 0 Å². The molecular formula is C10H15ClN4O2S. The molecule has 1 aliphatic rings. The summed E-state index contributed by atoms with van der Waals surface area (Å²) >= 11 is 1.44. The molecule has 1 aliphatic heterocycles. The SMILES string of the molecule is CSc1nccc(N2CCNCC2C(=O)O)n1.Cl. The monoisotopic (exact) mass is 290 g/mol. The van der Waals surface area contributed by atoms with Gasteiger partial charge < -0.3 is 15.3 Å². The molecule has 6 nitrogen and oxygen atoms in total. The maximum atomic E-state index is 11.2. The fourth-order valence-electron chi connectivity index (χ4n) is 1.79. The number of carbonyl (C=O) groups is 1. The molecule has 1 fully saturated rings. The van der Waals surface area contributed by atoms with Crippen LogP contribution in [0.2, 0.25) is 0 Å². The number of nitrogens with one attached hydrogen (secondary N) is 1. The second kappa shape index (κ2) is 6.77. The number of piperazine rings is 1. The molecule has 0 bridgehead atoms. The molecule has 0 amide bonds. The molecule has 1 aromatic heterocycles. The first kappa shape index (κ1) is 15.0. The van der Waals surface area contributed by atoms with Crippen molar-refractivity contribution >= 4 is 36.0 Å². The number of thioether (sulfide) groups is 1. The number of aliphatic carboxylic acids is 1. The number of hydrogen-bond acceptors (Lipinski definition) is 6. The molecule has 100 valence electrons. The fourth-order valence-corrected chi connectivity index (χ4v) is 2.14. The van der Waals surface area contributed by atoms with Crippen LogP contribution in [0.25, 0.3) is 0 Å². The highest BCUT2D eigenvalue weighted by Gasteiger charge is 2.29. The number of nitrogens with zero attached hydrogens (tertiary/aromatic N) is 3. The van der Waals surface area contributed by atoms with Crippen LogP contribution in [0.5, 0.6) is 0 Å². The average Bonchev–Trinajstić information content (AvgIpc) is 2.39. The number of carboxylic acids is 1. The Morgan fingerprint density at radius 1 is 1.67 bits per heavy atom. The van der Waals surface area contributed by atoms with Gasteiger partial charge in [0.2, 0.25) is 0 Å². The van der Waals surface area contributed by atoms with Crippen LogP contribution in [0.1, 0.15) is 0 Å². The van der Waals surface area contributed by atoms with Crippen LogP contribution < -0.4 is 10.2 Å². The third kappa shape index (κ3) is 3.24. The van der Waals surface area contributed by atoms with Gasteiger partial charge in [0.25, 0.3) is 0 Å². The maximum Gasteiger partial charge on any atom is 0.327 e. The van der Waals surface area contributed by atoms with Crippen LogP contribution in [0, 0.1) is 0 Å². The van der Waals surface area contributed by atoms with Gasteiger partial charge in [0.1, 0.15) is 11.9 Å². The molecule has 2 N–H and O–H groups in total. The van der Waals surface area contributed by atoms with Gasteiger partial charge >= 0.3 is 5.97 Å². The first-order valence-corrected chi connectivity index (χ1v) is 6.52. The predicted molar refractivity (Wildman–Crippen MR) is 72.7 cm³/mol. The second-order valence-electron chi connectivity index (χ2n) is 3.65. The van der Waals surface area contributed by atoms with Crippen LogP contribution >= 0.6 is 24.2 Å². The highest BCUT2D eigenvalue weighted by Crippen LogP contribution is 2.18. The minimum Gasteiger partial charge on any atom is -0.480 e. The van der Waals surface area contributed by atoms with E-state index in [1.165, 1.54) is 11.8 Å². The van der Waals surface area contributed by atoms with E-state index in [1.54, 1.807) is 17.2 Å². The molecule has 2 heterocycles. The van der Waals surface area contributed by atoms with E-state index in [2.05, 4.69) is 15.3 Å². The van der Waals surface area contributed by atoms with Crippen molar-refractivity contribution in [1.82, 2.24) is 15.3 Å². The smallest absolute Gasteiger partial charge is 0.327 e. The molecule has 1 saturated heterocycles. The summed E-state index contributed by atoms with van der Waals surface area (Å²) in [6, 6.07) is 1.19. The van der Waals surface area contributed by atoms with E-state index >= 15 is 0 Å². The molecule has 1 unspecified atom stereocenters. The lowest BCUT2D eigenvalue weighted by Gasteiger charge is -2.34. The number of rotatable bonds is 3. The summed E-state index contributed by atoms with van der Waals surface area (Å²) in [4.78, 5) is 21.4. The lowest BCUT2D eigenvalue weighted by Crippen LogP contribution is -2.55. The molecule has 8 heteroatoms. The van der Waals surface area contributed by atoms with E-state index in [0.29, 0.717) is 24.1 Å². The molecule has 0 radical (unpaired) electrons. The van der Waals surface area contributed by atoms with Crippen LogP contribution in [-0.2, 0) is 4.79 Å². The van der Waals surface area contributed by atoms with Gasteiger partial charge in [-0.05, 0) is 12.3 Å². The van der Waals surface area contributed by atoms with E-state index in [1.807, 2.05) is 6.26 Å². The molecule has 0 spiro atoms. The highest BCUT2D eigenvalue weighted by atomic mass is 35.5. The van der Waals surface area contributed by atoms with Gasteiger partial charge in [-0.1, -0.05) is 11.8 Å². The van der Waals surface area contributed by atoms with Crippen LogP contribution in [0.3, 0.4) is 0 Å². The fraction of sp³-hybridized carbons (Fsp3) is 0.500.